The van der Waals surface area contributed by atoms with E-state index in [2.05, 4.69) is 21.0 Å². The second-order valence-electron chi connectivity index (χ2n) is 2.27. The molecule has 0 aliphatic rings. The number of nitrogen functional groups attached to an aromatic ring is 1. The van der Waals surface area contributed by atoms with Crippen molar-refractivity contribution in [2.75, 3.05) is 5.73 Å². The summed E-state index contributed by atoms with van der Waals surface area (Å²) in [5.41, 5.74) is 7.38. The van der Waals surface area contributed by atoms with E-state index in [0.717, 1.165) is 15.7 Å². The molecule has 0 aromatic carbocycles. The van der Waals surface area contributed by atoms with Crippen LogP contribution in [0.4, 0.5) is 5.69 Å². The van der Waals surface area contributed by atoms with Crippen LogP contribution in [0.5, 0.6) is 0 Å². The Hall–Kier alpha value is -1.03. The number of nitrogens with two attached hydrogens (primary N) is 1. The molecule has 3 nitrogen and oxygen atoms in total. The molecule has 0 aliphatic carbocycles. The molecule has 0 radical (unpaired) electrons. The molecule has 0 spiro atoms. The van der Waals surface area contributed by atoms with Crippen LogP contribution < -0.4 is 5.73 Å². The Labute approximate surface area is 71.9 Å². The molecule has 11 heavy (non-hydrogen) atoms. The first-order chi connectivity index (χ1) is 5.27. The normalized spacial score (nSPS) is 10.6. The van der Waals surface area contributed by atoms with Gasteiger partial charge in [-0.25, -0.2) is 4.52 Å². The second kappa shape index (κ2) is 2.23. The summed E-state index contributed by atoms with van der Waals surface area (Å²) in [7, 11) is 0. The highest BCUT2D eigenvalue weighted by molar-refractivity contribution is 9.10. The van der Waals surface area contributed by atoms with Crippen molar-refractivity contribution in [2.45, 2.75) is 0 Å². The third-order valence-electron chi connectivity index (χ3n) is 1.51. The molecule has 2 N–H and O–H groups in total. The highest BCUT2D eigenvalue weighted by Gasteiger charge is 1.98. The number of pyridine rings is 1. The summed E-state index contributed by atoms with van der Waals surface area (Å²) >= 11 is 3.33. The smallest absolute Gasteiger partial charge is 0.0891 e. The van der Waals surface area contributed by atoms with E-state index >= 15 is 0 Å². The third-order valence-corrected chi connectivity index (χ3v) is 1.94. The molecular weight excluding hydrogens is 206 g/mol. The maximum Gasteiger partial charge on any atom is 0.0891 e. The number of anilines is 1. The Balaban J connectivity index is 2.91. The summed E-state index contributed by atoms with van der Waals surface area (Å²) in [6, 6.07) is 3.73. The van der Waals surface area contributed by atoms with Crippen molar-refractivity contribution in [3.8, 4) is 0 Å². The molecule has 0 fully saturated rings. The van der Waals surface area contributed by atoms with Gasteiger partial charge in [-0.1, -0.05) is 0 Å². The van der Waals surface area contributed by atoms with E-state index in [0.29, 0.717) is 0 Å². The minimum Gasteiger partial charge on any atom is -0.397 e. The standard InChI is InChI=1S/C7H6BrN3/c8-5-3-6(9)7-1-2-10-11(7)4-5/h1-4H,9H2. The monoisotopic (exact) mass is 211 g/mol. The van der Waals surface area contributed by atoms with Crippen LogP contribution in [0.1, 0.15) is 0 Å². The van der Waals surface area contributed by atoms with Crippen LogP contribution in [0.2, 0.25) is 0 Å². The van der Waals surface area contributed by atoms with Crippen LogP contribution in [-0.4, -0.2) is 9.61 Å². The molecule has 2 rings (SSSR count). The van der Waals surface area contributed by atoms with Gasteiger partial charge in [-0.05, 0) is 28.1 Å². The van der Waals surface area contributed by atoms with Gasteiger partial charge >= 0.3 is 0 Å². The Morgan fingerprint density at radius 2 is 2.36 bits per heavy atom. The number of nitrogens with zero attached hydrogens (tertiary/aromatic N) is 2. The van der Waals surface area contributed by atoms with Crippen LogP contribution >= 0.6 is 15.9 Å². The quantitative estimate of drug-likeness (QED) is 0.721. The van der Waals surface area contributed by atoms with Crippen LogP contribution in [0.25, 0.3) is 5.52 Å². The molecule has 2 heterocycles. The van der Waals surface area contributed by atoms with E-state index in [1.165, 1.54) is 0 Å². The number of hydrogen-bond acceptors (Lipinski definition) is 2. The van der Waals surface area contributed by atoms with E-state index in [1.807, 2.05) is 18.3 Å². The summed E-state index contributed by atoms with van der Waals surface area (Å²) in [6.07, 6.45) is 3.59. The van der Waals surface area contributed by atoms with Crippen molar-refractivity contribution in [3.63, 3.8) is 0 Å². The van der Waals surface area contributed by atoms with E-state index < -0.39 is 0 Å². The van der Waals surface area contributed by atoms with E-state index in [1.54, 1.807) is 10.7 Å². The fourth-order valence-corrected chi connectivity index (χ4v) is 1.46. The molecular formula is C7H6BrN3. The number of hydrogen-bond donors (Lipinski definition) is 1. The van der Waals surface area contributed by atoms with Gasteiger partial charge in [0.05, 0.1) is 17.4 Å². The van der Waals surface area contributed by atoms with E-state index in [9.17, 15) is 0 Å². The molecule has 4 heteroatoms. The highest BCUT2D eigenvalue weighted by Crippen LogP contribution is 2.18. The summed E-state index contributed by atoms with van der Waals surface area (Å²) in [4.78, 5) is 0. The average molecular weight is 212 g/mol. The fourth-order valence-electron chi connectivity index (χ4n) is 1.02. The number of halogens is 1. The summed E-state index contributed by atoms with van der Waals surface area (Å²) in [6.45, 7) is 0. The van der Waals surface area contributed by atoms with Crippen molar-refractivity contribution < 1.29 is 0 Å². The Morgan fingerprint density at radius 3 is 3.18 bits per heavy atom. The van der Waals surface area contributed by atoms with Crippen molar-refractivity contribution >= 4 is 27.1 Å². The largest absolute Gasteiger partial charge is 0.397 e. The Bertz CT molecular complexity index is 393. The molecule has 0 saturated heterocycles. The third kappa shape index (κ3) is 0.991. The van der Waals surface area contributed by atoms with Crippen molar-refractivity contribution in [3.05, 3.63) is 29.0 Å². The zero-order chi connectivity index (χ0) is 7.84. The molecule has 0 bridgehead atoms. The van der Waals surface area contributed by atoms with E-state index in [4.69, 9.17) is 5.73 Å². The zero-order valence-corrected chi connectivity index (χ0v) is 7.25. The van der Waals surface area contributed by atoms with Crippen molar-refractivity contribution in [2.24, 2.45) is 0 Å². The molecule has 0 atom stereocenters. The van der Waals surface area contributed by atoms with Gasteiger partial charge in [-0.2, -0.15) is 5.10 Å². The van der Waals surface area contributed by atoms with Crippen molar-refractivity contribution in [1.82, 2.24) is 9.61 Å². The topological polar surface area (TPSA) is 43.3 Å². The molecule has 0 unspecified atom stereocenters. The van der Waals surface area contributed by atoms with Crippen molar-refractivity contribution in [1.29, 1.82) is 0 Å². The van der Waals surface area contributed by atoms with Gasteiger partial charge in [0, 0.05) is 10.7 Å². The number of rotatable bonds is 0. The van der Waals surface area contributed by atoms with Gasteiger partial charge in [0.15, 0.2) is 0 Å². The van der Waals surface area contributed by atoms with Gasteiger partial charge in [0.1, 0.15) is 0 Å². The SMILES string of the molecule is Nc1cc(Br)cn2nccc12. The van der Waals surface area contributed by atoms with Crippen LogP contribution in [0.3, 0.4) is 0 Å². The highest BCUT2D eigenvalue weighted by atomic mass is 79.9. The second-order valence-corrected chi connectivity index (χ2v) is 3.19. The maximum absolute atomic E-state index is 5.71. The summed E-state index contributed by atoms with van der Waals surface area (Å²) < 4.78 is 2.67. The van der Waals surface area contributed by atoms with Gasteiger partial charge in [0.25, 0.3) is 0 Å². The zero-order valence-electron chi connectivity index (χ0n) is 5.66. The van der Waals surface area contributed by atoms with Crippen LogP contribution in [0.15, 0.2) is 29.0 Å². The minimum atomic E-state index is 0.733. The van der Waals surface area contributed by atoms with Gasteiger partial charge < -0.3 is 5.73 Å². The van der Waals surface area contributed by atoms with Gasteiger partial charge in [-0.15, -0.1) is 0 Å². The first kappa shape index (κ1) is 6.67. The lowest BCUT2D eigenvalue weighted by Crippen LogP contribution is -1.92. The molecule has 56 valence electrons. The van der Waals surface area contributed by atoms with E-state index in [-0.39, 0.29) is 0 Å². The first-order valence-corrected chi connectivity index (χ1v) is 3.95. The van der Waals surface area contributed by atoms with Gasteiger partial charge in [0.2, 0.25) is 0 Å². The molecule has 0 amide bonds. The lowest BCUT2D eigenvalue weighted by atomic mass is 10.3. The predicted molar refractivity (Wildman–Crippen MR) is 47.3 cm³/mol. The lowest BCUT2D eigenvalue weighted by Gasteiger charge is -1.97. The molecule has 2 aromatic rings. The Morgan fingerprint density at radius 1 is 1.55 bits per heavy atom. The lowest BCUT2D eigenvalue weighted by molar-refractivity contribution is 0.958. The van der Waals surface area contributed by atoms with Gasteiger partial charge in [-0.3, -0.25) is 0 Å². The van der Waals surface area contributed by atoms with Crippen LogP contribution in [-0.2, 0) is 0 Å². The number of fused-ring (bicyclic) bond motifs is 1. The predicted octanol–water partition coefficient (Wildman–Crippen LogP) is 1.68. The fraction of sp³-hybridized carbons (Fsp3) is 0. The molecule has 0 saturated carbocycles. The summed E-state index contributed by atoms with van der Waals surface area (Å²) in [5.74, 6) is 0. The molecule has 0 aliphatic heterocycles. The minimum absolute atomic E-state index is 0.733. The number of aromatic nitrogens is 2. The molecule has 2 aromatic heterocycles. The van der Waals surface area contributed by atoms with Crippen LogP contribution in [0, 0.1) is 0 Å². The first-order valence-electron chi connectivity index (χ1n) is 3.16. The maximum atomic E-state index is 5.71. The summed E-state index contributed by atoms with van der Waals surface area (Å²) in [5, 5.41) is 4.05. The average Bonchev–Trinajstić information content (AvgIpc) is 2.34. The Kier molecular flexibility index (Phi) is 1.35.